The number of piperidine rings is 1. The van der Waals surface area contributed by atoms with Gasteiger partial charge in [0.1, 0.15) is 0 Å². The molecule has 2 heterocycles. The van der Waals surface area contributed by atoms with Gasteiger partial charge in [-0.3, -0.25) is 4.79 Å². The molecule has 26 heavy (non-hydrogen) atoms. The molecule has 1 saturated carbocycles. The first-order valence-corrected chi connectivity index (χ1v) is 8.83. The molecule has 1 aliphatic heterocycles. The number of carboxylic acid groups (broad SMARTS) is 1. The smallest absolute Gasteiger partial charge is 0.321 e. The Labute approximate surface area is 150 Å². The number of urea groups is 1. The fourth-order valence-corrected chi connectivity index (χ4v) is 3.15. The first-order chi connectivity index (χ1) is 12.6. The minimum atomic E-state index is -0.854. The van der Waals surface area contributed by atoms with Gasteiger partial charge in [0.05, 0.1) is 5.92 Å². The number of rotatable bonds is 4. The summed E-state index contributed by atoms with van der Waals surface area (Å²) >= 11 is 0. The summed E-state index contributed by atoms with van der Waals surface area (Å²) in [6.45, 7) is 0.793. The van der Waals surface area contributed by atoms with Crippen molar-refractivity contribution in [2.45, 2.75) is 31.6 Å². The molecule has 0 spiro atoms. The molecule has 1 atom stereocenters. The maximum Gasteiger partial charge on any atom is 0.321 e. The van der Waals surface area contributed by atoms with Crippen LogP contribution in [0, 0.1) is 5.92 Å². The summed E-state index contributed by atoms with van der Waals surface area (Å²) < 4.78 is 5.28. The van der Waals surface area contributed by atoms with Crippen molar-refractivity contribution in [1.29, 1.82) is 0 Å². The number of likely N-dealkylation sites (tertiary alicyclic amines) is 1. The Morgan fingerprint density at radius 3 is 2.88 bits per heavy atom. The fourth-order valence-electron chi connectivity index (χ4n) is 3.15. The fraction of sp³-hybridized carbons (Fsp3) is 0.444. The number of hydrogen-bond donors (Lipinski definition) is 2. The average Bonchev–Trinajstić information content (AvgIpc) is 3.39. The highest BCUT2D eigenvalue weighted by atomic mass is 16.5. The van der Waals surface area contributed by atoms with E-state index in [9.17, 15) is 9.59 Å². The largest absolute Gasteiger partial charge is 0.481 e. The van der Waals surface area contributed by atoms with Crippen molar-refractivity contribution in [2.75, 3.05) is 18.4 Å². The Hall–Kier alpha value is -2.90. The summed E-state index contributed by atoms with van der Waals surface area (Å²) in [7, 11) is 0. The van der Waals surface area contributed by atoms with E-state index in [-0.39, 0.29) is 12.6 Å². The molecule has 4 rings (SSSR count). The summed E-state index contributed by atoms with van der Waals surface area (Å²) in [5.74, 6) is 0.212. The lowest BCUT2D eigenvalue weighted by molar-refractivity contribution is -0.143. The van der Waals surface area contributed by atoms with Crippen molar-refractivity contribution >= 4 is 17.7 Å². The van der Waals surface area contributed by atoms with E-state index in [0.717, 1.165) is 18.4 Å². The van der Waals surface area contributed by atoms with Gasteiger partial charge in [-0.15, -0.1) is 0 Å². The van der Waals surface area contributed by atoms with Crippen LogP contribution >= 0.6 is 0 Å². The van der Waals surface area contributed by atoms with Crippen molar-refractivity contribution in [3.8, 4) is 11.4 Å². The average molecular weight is 356 g/mol. The molecule has 8 heteroatoms. The zero-order valence-corrected chi connectivity index (χ0v) is 14.2. The van der Waals surface area contributed by atoms with Crippen LogP contribution in [0.3, 0.4) is 0 Å². The van der Waals surface area contributed by atoms with Crippen LogP contribution in [-0.2, 0) is 4.79 Å². The van der Waals surface area contributed by atoms with Gasteiger partial charge in [0, 0.05) is 30.3 Å². The molecule has 1 aromatic carbocycles. The molecule has 8 nitrogen and oxygen atoms in total. The quantitative estimate of drug-likeness (QED) is 0.872. The van der Waals surface area contributed by atoms with Crippen LogP contribution in [0.2, 0.25) is 0 Å². The van der Waals surface area contributed by atoms with Gasteiger partial charge >= 0.3 is 12.0 Å². The molecular formula is C18H20N4O4. The number of aromatic nitrogens is 2. The molecule has 1 saturated heterocycles. The van der Waals surface area contributed by atoms with Crippen molar-refractivity contribution in [1.82, 2.24) is 15.0 Å². The topological polar surface area (TPSA) is 109 Å². The highest BCUT2D eigenvalue weighted by Gasteiger charge is 2.30. The highest BCUT2D eigenvalue weighted by Crippen LogP contribution is 2.39. The van der Waals surface area contributed by atoms with Gasteiger partial charge in [-0.05, 0) is 37.8 Å². The molecule has 1 aromatic heterocycles. The molecular weight excluding hydrogens is 336 g/mol. The standard InChI is InChI=1S/C18H20N4O4/c23-17(24)13-4-2-8-22(10-13)18(25)19-14-5-1-3-12(9-14)15-20-16(26-21-15)11-6-7-11/h1,3,5,9,11,13H,2,4,6-8,10H2,(H,19,25)(H,23,24). The predicted molar refractivity (Wildman–Crippen MR) is 92.7 cm³/mol. The van der Waals surface area contributed by atoms with E-state index < -0.39 is 11.9 Å². The molecule has 0 radical (unpaired) electrons. The highest BCUT2D eigenvalue weighted by molar-refractivity contribution is 5.90. The Morgan fingerprint density at radius 2 is 2.12 bits per heavy atom. The third-order valence-corrected chi connectivity index (χ3v) is 4.80. The number of anilines is 1. The van der Waals surface area contributed by atoms with E-state index in [4.69, 9.17) is 9.63 Å². The van der Waals surface area contributed by atoms with Gasteiger partial charge in [-0.25, -0.2) is 4.79 Å². The maximum absolute atomic E-state index is 12.5. The number of benzene rings is 1. The number of hydrogen-bond acceptors (Lipinski definition) is 5. The van der Waals surface area contributed by atoms with Crippen LogP contribution in [0.4, 0.5) is 10.5 Å². The van der Waals surface area contributed by atoms with Crippen molar-refractivity contribution in [2.24, 2.45) is 5.92 Å². The second-order valence-electron chi connectivity index (χ2n) is 6.86. The van der Waals surface area contributed by atoms with Crippen LogP contribution in [-0.4, -0.2) is 45.2 Å². The second-order valence-corrected chi connectivity index (χ2v) is 6.86. The Balaban J connectivity index is 1.44. The Kier molecular flexibility index (Phi) is 4.32. The lowest BCUT2D eigenvalue weighted by Crippen LogP contribution is -2.44. The Bertz CT molecular complexity index is 830. The van der Waals surface area contributed by atoms with E-state index in [1.54, 1.807) is 17.0 Å². The lowest BCUT2D eigenvalue weighted by atomic mass is 9.99. The maximum atomic E-state index is 12.5. The molecule has 2 amide bonds. The van der Waals surface area contributed by atoms with Gasteiger partial charge in [-0.2, -0.15) is 4.98 Å². The first-order valence-electron chi connectivity index (χ1n) is 8.83. The van der Waals surface area contributed by atoms with Gasteiger partial charge < -0.3 is 19.8 Å². The lowest BCUT2D eigenvalue weighted by Gasteiger charge is -2.30. The molecule has 2 aliphatic rings. The minimum absolute atomic E-state index is 0.233. The molecule has 2 N–H and O–H groups in total. The summed E-state index contributed by atoms with van der Waals surface area (Å²) in [6.07, 6.45) is 3.47. The summed E-state index contributed by atoms with van der Waals surface area (Å²) in [5.41, 5.74) is 1.38. The summed E-state index contributed by atoms with van der Waals surface area (Å²) in [6, 6.07) is 6.95. The third-order valence-electron chi connectivity index (χ3n) is 4.80. The number of carbonyl (C=O) groups excluding carboxylic acids is 1. The van der Waals surface area contributed by atoms with Gasteiger partial charge in [0.15, 0.2) is 0 Å². The molecule has 1 aliphatic carbocycles. The van der Waals surface area contributed by atoms with Crippen molar-refractivity contribution < 1.29 is 19.2 Å². The first kappa shape index (κ1) is 16.6. The molecule has 2 aromatic rings. The van der Waals surface area contributed by atoms with Crippen LogP contribution in [0.25, 0.3) is 11.4 Å². The number of amides is 2. The van der Waals surface area contributed by atoms with Crippen molar-refractivity contribution in [3.63, 3.8) is 0 Å². The number of aliphatic carboxylic acids is 1. The van der Waals surface area contributed by atoms with Gasteiger partial charge in [0.2, 0.25) is 11.7 Å². The van der Waals surface area contributed by atoms with E-state index in [1.165, 1.54) is 0 Å². The van der Waals surface area contributed by atoms with Gasteiger partial charge in [-0.1, -0.05) is 17.3 Å². The Morgan fingerprint density at radius 1 is 1.27 bits per heavy atom. The zero-order chi connectivity index (χ0) is 18.1. The van der Waals surface area contributed by atoms with E-state index in [1.807, 2.05) is 12.1 Å². The number of nitrogens with zero attached hydrogens (tertiary/aromatic N) is 3. The number of nitrogens with one attached hydrogen (secondary N) is 1. The van der Waals surface area contributed by atoms with Crippen molar-refractivity contribution in [3.05, 3.63) is 30.2 Å². The number of carboxylic acids is 1. The molecule has 2 fully saturated rings. The molecule has 1 unspecified atom stereocenters. The normalized spacial score (nSPS) is 20.0. The molecule has 0 bridgehead atoms. The minimum Gasteiger partial charge on any atom is -0.481 e. The van der Waals surface area contributed by atoms with Gasteiger partial charge in [0.25, 0.3) is 0 Å². The SMILES string of the molecule is O=C(O)C1CCCN(C(=O)Nc2cccc(-c3noc(C4CC4)n3)c2)C1. The summed E-state index contributed by atoms with van der Waals surface area (Å²) in [5, 5.41) is 16.0. The zero-order valence-electron chi connectivity index (χ0n) is 14.2. The van der Waals surface area contributed by atoms with Crippen LogP contribution in [0.1, 0.15) is 37.5 Å². The predicted octanol–water partition coefficient (Wildman–Crippen LogP) is 2.94. The van der Waals surface area contributed by atoms with E-state index >= 15 is 0 Å². The third kappa shape index (κ3) is 3.54. The van der Waals surface area contributed by atoms with E-state index in [2.05, 4.69) is 15.5 Å². The van der Waals surface area contributed by atoms with Crippen LogP contribution in [0.15, 0.2) is 28.8 Å². The van der Waals surface area contributed by atoms with E-state index in [0.29, 0.717) is 42.7 Å². The second kappa shape index (κ2) is 6.78. The summed E-state index contributed by atoms with van der Waals surface area (Å²) in [4.78, 5) is 29.6. The van der Waals surface area contributed by atoms with Crippen LogP contribution in [0.5, 0.6) is 0 Å². The van der Waals surface area contributed by atoms with Crippen LogP contribution < -0.4 is 5.32 Å². The monoisotopic (exact) mass is 356 g/mol. The number of carbonyl (C=O) groups is 2. The molecule has 136 valence electrons.